The van der Waals surface area contributed by atoms with E-state index in [4.69, 9.17) is 5.11 Å². The van der Waals surface area contributed by atoms with Crippen molar-refractivity contribution in [1.82, 2.24) is 5.32 Å². The van der Waals surface area contributed by atoms with Crippen LogP contribution < -0.4 is 5.32 Å². The number of nitrogens with one attached hydrogen (secondary N) is 1. The lowest BCUT2D eigenvalue weighted by Crippen LogP contribution is -2.40. The Morgan fingerprint density at radius 2 is 2.07 bits per heavy atom. The lowest BCUT2D eigenvalue weighted by atomic mass is 9.80. The maximum absolute atomic E-state index is 11.2. The van der Waals surface area contributed by atoms with Gasteiger partial charge in [-0.2, -0.15) is 0 Å². The monoisotopic (exact) mass is 199 g/mol. The van der Waals surface area contributed by atoms with Crippen molar-refractivity contribution in [2.24, 2.45) is 5.92 Å². The average Bonchev–Trinajstić information content (AvgIpc) is 1.97. The molecule has 1 amide bonds. The highest BCUT2D eigenvalue weighted by Crippen LogP contribution is 2.29. The van der Waals surface area contributed by atoms with Crippen molar-refractivity contribution in [2.45, 2.75) is 45.1 Å². The van der Waals surface area contributed by atoms with E-state index in [-0.39, 0.29) is 24.8 Å². The first-order valence-electron chi connectivity index (χ1n) is 5.10. The van der Waals surface area contributed by atoms with Crippen molar-refractivity contribution < 1.29 is 14.7 Å². The molecule has 14 heavy (non-hydrogen) atoms. The first-order valence-corrected chi connectivity index (χ1v) is 5.10. The van der Waals surface area contributed by atoms with Gasteiger partial charge in [-0.3, -0.25) is 9.59 Å². The van der Waals surface area contributed by atoms with Gasteiger partial charge >= 0.3 is 5.97 Å². The van der Waals surface area contributed by atoms with Gasteiger partial charge in [0.2, 0.25) is 5.91 Å². The Balaban J connectivity index is 2.15. The predicted octanol–water partition coefficient (Wildman–Crippen LogP) is 1.16. The standard InChI is InChI=1S/C10H17NO3/c1-7(8-3-2-4-8)11-9(12)5-6-10(13)14/h7-8H,2-6H2,1H3,(H,11,12)(H,13,14). The molecule has 1 fully saturated rings. The van der Waals surface area contributed by atoms with Crippen LogP contribution in [0.25, 0.3) is 0 Å². The van der Waals surface area contributed by atoms with Crippen LogP contribution in [0.5, 0.6) is 0 Å². The molecule has 0 bridgehead atoms. The van der Waals surface area contributed by atoms with E-state index in [2.05, 4.69) is 5.32 Å². The molecule has 1 aliphatic rings. The highest BCUT2D eigenvalue weighted by atomic mass is 16.4. The largest absolute Gasteiger partial charge is 0.481 e. The molecule has 0 aromatic heterocycles. The fraction of sp³-hybridized carbons (Fsp3) is 0.800. The molecule has 1 atom stereocenters. The Morgan fingerprint density at radius 3 is 2.50 bits per heavy atom. The first-order chi connectivity index (χ1) is 6.59. The normalized spacial score (nSPS) is 18.4. The quantitative estimate of drug-likeness (QED) is 0.698. The minimum atomic E-state index is -0.920. The van der Waals surface area contributed by atoms with Crippen LogP contribution in [0.3, 0.4) is 0 Å². The first kappa shape index (κ1) is 11.0. The number of carboxylic acids is 1. The summed E-state index contributed by atoms with van der Waals surface area (Å²) in [5.74, 6) is -0.466. The molecule has 1 unspecified atom stereocenters. The number of carboxylic acid groups (broad SMARTS) is 1. The summed E-state index contributed by atoms with van der Waals surface area (Å²) in [5.41, 5.74) is 0. The van der Waals surface area contributed by atoms with Gasteiger partial charge in [0.15, 0.2) is 0 Å². The van der Waals surface area contributed by atoms with Crippen LogP contribution in [0.2, 0.25) is 0 Å². The molecule has 80 valence electrons. The van der Waals surface area contributed by atoms with E-state index in [1.807, 2.05) is 6.92 Å². The minimum Gasteiger partial charge on any atom is -0.481 e. The molecule has 1 saturated carbocycles. The molecule has 0 aromatic rings. The summed E-state index contributed by atoms with van der Waals surface area (Å²) >= 11 is 0. The molecule has 4 heteroatoms. The van der Waals surface area contributed by atoms with Crippen LogP contribution in [0.15, 0.2) is 0 Å². The van der Waals surface area contributed by atoms with Crippen LogP contribution in [0, 0.1) is 5.92 Å². The van der Waals surface area contributed by atoms with Crippen LogP contribution in [0.4, 0.5) is 0 Å². The molecule has 0 aliphatic heterocycles. The zero-order valence-electron chi connectivity index (χ0n) is 8.45. The third-order valence-corrected chi connectivity index (χ3v) is 2.81. The van der Waals surface area contributed by atoms with E-state index in [1.54, 1.807) is 0 Å². The maximum atomic E-state index is 11.2. The zero-order valence-corrected chi connectivity index (χ0v) is 8.45. The van der Waals surface area contributed by atoms with Crippen LogP contribution in [0.1, 0.15) is 39.0 Å². The number of hydrogen-bond acceptors (Lipinski definition) is 2. The number of hydrogen-bond donors (Lipinski definition) is 2. The Kier molecular flexibility index (Phi) is 3.92. The van der Waals surface area contributed by atoms with Crippen LogP contribution in [-0.4, -0.2) is 23.0 Å². The summed E-state index contributed by atoms with van der Waals surface area (Å²) in [5, 5.41) is 11.2. The summed E-state index contributed by atoms with van der Waals surface area (Å²) in [6, 6.07) is 0.199. The van der Waals surface area contributed by atoms with Gasteiger partial charge in [-0.05, 0) is 25.7 Å². The molecular formula is C10H17NO3. The van der Waals surface area contributed by atoms with Gasteiger partial charge in [-0.1, -0.05) is 6.42 Å². The third kappa shape index (κ3) is 3.36. The van der Waals surface area contributed by atoms with E-state index in [0.29, 0.717) is 5.92 Å². The van der Waals surface area contributed by atoms with Crippen LogP contribution in [-0.2, 0) is 9.59 Å². The second kappa shape index (κ2) is 4.98. The Morgan fingerprint density at radius 1 is 1.43 bits per heavy atom. The topological polar surface area (TPSA) is 66.4 Å². The molecule has 4 nitrogen and oxygen atoms in total. The van der Waals surface area contributed by atoms with Gasteiger partial charge in [0.1, 0.15) is 0 Å². The second-order valence-electron chi connectivity index (χ2n) is 3.94. The van der Waals surface area contributed by atoms with E-state index >= 15 is 0 Å². The van der Waals surface area contributed by atoms with Crippen LogP contribution >= 0.6 is 0 Å². The summed E-state index contributed by atoms with van der Waals surface area (Å²) in [4.78, 5) is 21.4. The second-order valence-corrected chi connectivity index (χ2v) is 3.94. The molecule has 0 spiro atoms. The van der Waals surface area contributed by atoms with Crippen molar-refractivity contribution in [3.63, 3.8) is 0 Å². The minimum absolute atomic E-state index is 0.0801. The number of carbonyl (C=O) groups is 2. The Bertz CT molecular complexity index is 223. The summed E-state index contributed by atoms with van der Waals surface area (Å²) in [6.45, 7) is 1.99. The highest BCUT2D eigenvalue weighted by molar-refractivity contribution is 5.80. The SMILES string of the molecule is CC(NC(=O)CCC(=O)O)C1CCC1. The van der Waals surface area contributed by atoms with Crippen molar-refractivity contribution >= 4 is 11.9 Å². The summed E-state index contributed by atoms with van der Waals surface area (Å²) in [7, 11) is 0. The van der Waals surface area contributed by atoms with Gasteiger partial charge in [0, 0.05) is 12.5 Å². The molecule has 0 heterocycles. The fourth-order valence-electron chi connectivity index (χ4n) is 1.60. The molecule has 1 rings (SSSR count). The lowest BCUT2D eigenvalue weighted by molar-refractivity contribution is -0.139. The van der Waals surface area contributed by atoms with Gasteiger partial charge in [-0.15, -0.1) is 0 Å². The van der Waals surface area contributed by atoms with Crippen molar-refractivity contribution in [1.29, 1.82) is 0 Å². The number of amides is 1. The zero-order chi connectivity index (χ0) is 10.6. The third-order valence-electron chi connectivity index (χ3n) is 2.81. The number of aliphatic carboxylic acids is 1. The van der Waals surface area contributed by atoms with E-state index in [1.165, 1.54) is 19.3 Å². The lowest BCUT2D eigenvalue weighted by Gasteiger charge is -2.31. The maximum Gasteiger partial charge on any atom is 0.303 e. The van der Waals surface area contributed by atoms with Crippen molar-refractivity contribution in [3.05, 3.63) is 0 Å². The van der Waals surface area contributed by atoms with Gasteiger partial charge in [0.05, 0.1) is 6.42 Å². The van der Waals surface area contributed by atoms with E-state index in [0.717, 1.165) is 0 Å². The average molecular weight is 199 g/mol. The fourth-order valence-corrected chi connectivity index (χ4v) is 1.60. The highest BCUT2D eigenvalue weighted by Gasteiger charge is 2.24. The summed E-state index contributed by atoms with van der Waals surface area (Å²) < 4.78 is 0. The summed E-state index contributed by atoms with van der Waals surface area (Å²) in [6.07, 6.45) is 3.62. The van der Waals surface area contributed by atoms with Crippen molar-refractivity contribution in [3.8, 4) is 0 Å². The number of rotatable bonds is 5. The number of carbonyl (C=O) groups excluding carboxylic acids is 1. The molecule has 0 radical (unpaired) electrons. The van der Waals surface area contributed by atoms with E-state index in [9.17, 15) is 9.59 Å². The van der Waals surface area contributed by atoms with Gasteiger partial charge in [0.25, 0.3) is 0 Å². The molecule has 0 saturated heterocycles. The molecule has 2 N–H and O–H groups in total. The Labute approximate surface area is 83.7 Å². The molecule has 1 aliphatic carbocycles. The Hall–Kier alpha value is -1.06. The van der Waals surface area contributed by atoms with Crippen molar-refractivity contribution in [2.75, 3.05) is 0 Å². The molecular weight excluding hydrogens is 182 g/mol. The molecule has 0 aromatic carbocycles. The van der Waals surface area contributed by atoms with E-state index < -0.39 is 5.97 Å². The smallest absolute Gasteiger partial charge is 0.303 e. The van der Waals surface area contributed by atoms with Gasteiger partial charge in [-0.25, -0.2) is 0 Å². The predicted molar refractivity (Wildman–Crippen MR) is 51.8 cm³/mol. The van der Waals surface area contributed by atoms with Gasteiger partial charge < -0.3 is 10.4 Å².